The van der Waals surface area contributed by atoms with E-state index in [0.717, 1.165) is 5.56 Å². The standard InChI is InChI=1S/C14H17N3O3S/c1-2-15-14-8-7-13(9-16-14)21(19,20)17-12-5-3-11(10-18)4-6-12/h3-9,17-18H,2,10H2,1H3,(H,15,16). The summed E-state index contributed by atoms with van der Waals surface area (Å²) in [7, 11) is -3.67. The van der Waals surface area contributed by atoms with Gasteiger partial charge >= 0.3 is 0 Å². The normalized spacial score (nSPS) is 11.1. The highest BCUT2D eigenvalue weighted by atomic mass is 32.2. The lowest BCUT2D eigenvalue weighted by Crippen LogP contribution is -2.13. The van der Waals surface area contributed by atoms with Crippen molar-refractivity contribution in [2.75, 3.05) is 16.6 Å². The molecule has 3 N–H and O–H groups in total. The predicted octanol–water partition coefficient (Wildman–Crippen LogP) is 1.81. The number of rotatable bonds is 6. The van der Waals surface area contributed by atoms with Gasteiger partial charge in [-0.3, -0.25) is 4.72 Å². The van der Waals surface area contributed by atoms with E-state index in [0.29, 0.717) is 18.1 Å². The first-order valence-corrected chi connectivity index (χ1v) is 7.96. The maximum absolute atomic E-state index is 12.2. The SMILES string of the molecule is CCNc1ccc(S(=O)(=O)Nc2ccc(CO)cc2)cn1. The van der Waals surface area contributed by atoms with Gasteiger partial charge in [-0.2, -0.15) is 0 Å². The molecule has 1 aromatic heterocycles. The third kappa shape index (κ3) is 3.93. The molecule has 0 fully saturated rings. The highest BCUT2D eigenvalue weighted by Crippen LogP contribution is 2.17. The Morgan fingerprint density at radius 3 is 2.38 bits per heavy atom. The number of anilines is 2. The van der Waals surface area contributed by atoms with Gasteiger partial charge in [0, 0.05) is 18.4 Å². The molecule has 1 aromatic carbocycles. The molecule has 21 heavy (non-hydrogen) atoms. The summed E-state index contributed by atoms with van der Waals surface area (Å²) in [6, 6.07) is 9.63. The molecular weight excluding hydrogens is 290 g/mol. The molecule has 1 heterocycles. The quantitative estimate of drug-likeness (QED) is 0.757. The first kappa shape index (κ1) is 15.3. The monoisotopic (exact) mass is 307 g/mol. The van der Waals surface area contributed by atoms with Crippen molar-refractivity contribution in [1.82, 2.24) is 4.98 Å². The van der Waals surface area contributed by atoms with Gasteiger partial charge in [0.25, 0.3) is 10.0 Å². The van der Waals surface area contributed by atoms with Crippen molar-refractivity contribution in [3.05, 3.63) is 48.2 Å². The van der Waals surface area contributed by atoms with Gasteiger partial charge in [-0.15, -0.1) is 0 Å². The van der Waals surface area contributed by atoms with E-state index in [1.165, 1.54) is 12.3 Å². The van der Waals surface area contributed by atoms with Crippen LogP contribution in [-0.2, 0) is 16.6 Å². The van der Waals surface area contributed by atoms with Crippen LogP contribution in [0.4, 0.5) is 11.5 Å². The fourth-order valence-corrected chi connectivity index (χ4v) is 2.72. The van der Waals surface area contributed by atoms with Crippen LogP contribution in [0.3, 0.4) is 0 Å². The zero-order chi connectivity index (χ0) is 15.3. The fraction of sp³-hybridized carbons (Fsp3) is 0.214. The first-order chi connectivity index (χ1) is 10.0. The highest BCUT2D eigenvalue weighted by Gasteiger charge is 2.14. The average molecular weight is 307 g/mol. The summed E-state index contributed by atoms with van der Waals surface area (Å²) in [4.78, 5) is 4.13. The van der Waals surface area contributed by atoms with E-state index in [9.17, 15) is 8.42 Å². The van der Waals surface area contributed by atoms with E-state index >= 15 is 0 Å². The number of nitrogens with zero attached hydrogens (tertiary/aromatic N) is 1. The molecule has 6 nitrogen and oxygen atoms in total. The molecule has 0 bridgehead atoms. The lowest BCUT2D eigenvalue weighted by atomic mass is 10.2. The first-order valence-electron chi connectivity index (χ1n) is 6.47. The number of nitrogens with one attached hydrogen (secondary N) is 2. The highest BCUT2D eigenvalue weighted by molar-refractivity contribution is 7.92. The molecule has 0 saturated carbocycles. The van der Waals surface area contributed by atoms with Crippen molar-refractivity contribution in [1.29, 1.82) is 0 Å². The Bertz CT molecular complexity index is 682. The maximum atomic E-state index is 12.2. The van der Waals surface area contributed by atoms with Crippen LogP contribution in [0.5, 0.6) is 0 Å². The van der Waals surface area contributed by atoms with Crippen LogP contribution in [0, 0.1) is 0 Å². The van der Waals surface area contributed by atoms with Crippen LogP contribution >= 0.6 is 0 Å². The van der Waals surface area contributed by atoms with Gasteiger partial charge in [-0.05, 0) is 36.8 Å². The smallest absolute Gasteiger partial charge is 0.263 e. The molecule has 0 spiro atoms. The van der Waals surface area contributed by atoms with E-state index in [1.54, 1.807) is 30.3 Å². The summed E-state index contributed by atoms with van der Waals surface area (Å²) in [6.45, 7) is 2.57. The van der Waals surface area contributed by atoms with Gasteiger partial charge in [0.2, 0.25) is 0 Å². The zero-order valence-electron chi connectivity index (χ0n) is 11.6. The van der Waals surface area contributed by atoms with Crippen molar-refractivity contribution >= 4 is 21.5 Å². The van der Waals surface area contributed by atoms with Crippen molar-refractivity contribution in [3.63, 3.8) is 0 Å². The second-order valence-electron chi connectivity index (χ2n) is 4.37. The van der Waals surface area contributed by atoms with Crippen LogP contribution in [0.25, 0.3) is 0 Å². The minimum atomic E-state index is -3.67. The fourth-order valence-electron chi connectivity index (χ4n) is 1.72. The molecule has 0 radical (unpaired) electrons. The minimum absolute atomic E-state index is 0.0805. The molecule has 7 heteroatoms. The summed E-state index contributed by atoms with van der Waals surface area (Å²) in [5, 5.41) is 12.0. The number of aliphatic hydroxyl groups is 1. The Balaban J connectivity index is 2.16. The van der Waals surface area contributed by atoms with Crippen LogP contribution in [-0.4, -0.2) is 25.1 Å². The number of pyridine rings is 1. The van der Waals surface area contributed by atoms with E-state index < -0.39 is 10.0 Å². The molecule has 0 saturated heterocycles. The summed E-state index contributed by atoms with van der Waals surface area (Å²) >= 11 is 0. The number of aliphatic hydroxyl groups excluding tert-OH is 1. The lowest BCUT2D eigenvalue weighted by molar-refractivity contribution is 0.282. The molecule has 112 valence electrons. The van der Waals surface area contributed by atoms with E-state index in [-0.39, 0.29) is 11.5 Å². The Morgan fingerprint density at radius 1 is 1.14 bits per heavy atom. The van der Waals surface area contributed by atoms with Gasteiger partial charge in [-0.1, -0.05) is 12.1 Å². The zero-order valence-corrected chi connectivity index (χ0v) is 12.4. The molecule has 0 unspecified atom stereocenters. The molecule has 2 rings (SSSR count). The molecule has 2 aromatic rings. The second-order valence-corrected chi connectivity index (χ2v) is 6.05. The number of hydrogen-bond acceptors (Lipinski definition) is 5. The predicted molar refractivity (Wildman–Crippen MR) is 81.6 cm³/mol. The largest absolute Gasteiger partial charge is 0.392 e. The van der Waals surface area contributed by atoms with Crippen LogP contribution in [0.15, 0.2) is 47.5 Å². The van der Waals surface area contributed by atoms with Crippen molar-refractivity contribution in [3.8, 4) is 0 Å². The number of hydrogen-bond donors (Lipinski definition) is 3. The molecule has 0 aliphatic carbocycles. The van der Waals surface area contributed by atoms with Crippen molar-refractivity contribution in [2.45, 2.75) is 18.4 Å². The molecule has 0 aliphatic heterocycles. The Morgan fingerprint density at radius 2 is 1.86 bits per heavy atom. The summed E-state index contributed by atoms with van der Waals surface area (Å²) in [5.41, 5.74) is 1.15. The average Bonchev–Trinajstić information content (AvgIpc) is 2.48. The lowest BCUT2D eigenvalue weighted by Gasteiger charge is -2.09. The second kappa shape index (κ2) is 6.55. The topological polar surface area (TPSA) is 91.3 Å². The molecule has 0 amide bonds. The third-order valence-corrected chi connectivity index (χ3v) is 4.16. The molecule has 0 aliphatic rings. The Labute approximate surface area is 123 Å². The number of sulfonamides is 1. The van der Waals surface area contributed by atoms with Gasteiger partial charge in [0.15, 0.2) is 0 Å². The summed E-state index contributed by atoms with van der Waals surface area (Å²) in [5.74, 6) is 0.628. The third-order valence-electron chi connectivity index (χ3n) is 2.79. The number of aromatic nitrogens is 1. The van der Waals surface area contributed by atoms with Crippen LogP contribution < -0.4 is 10.0 Å². The van der Waals surface area contributed by atoms with Gasteiger partial charge < -0.3 is 10.4 Å². The number of benzene rings is 1. The maximum Gasteiger partial charge on any atom is 0.263 e. The van der Waals surface area contributed by atoms with Crippen LogP contribution in [0.1, 0.15) is 12.5 Å². The van der Waals surface area contributed by atoms with Crippen molar-refractivity contribution < 1.29 is 13.5 Å². The minimum Gasteiger partial charge on any atom is -0.392 e. The van der Waals surface area contributed by atoms with E-state index in [4.69, 9.17) is 5.11 Å². The summed E-state index contributed by atoms with van der Waals surface area (Å²) < 4.78 is 26.9. The van der Waals surface area contributed by atoms with Gasteiger partial charge in [0.05, 0.1) is 6.61 Å². The van der Waals surface area contributed by atoms with Gasteiger partial charge in [0.1, 0.15) is 10.7 Å². The molecular formula is C14H17N3O3S. The van der Waals surface area contributed by atoms with E-state index in [1.807, 2.05) is 6.92 Å². The summed E-state index contributed by atoms with van der Waals surface area (Å²) in [6.07, 6.45) is 1.31. The molecule has 0 atom stereocenters. The van der Waals surface area contributed by atoms with Crippen molar-refractivity contribution in [2.24, 2.45) is 0 Å². The van der Waals surface area contributed by atoms with Gasteiger partial charge in [-0.25, -0.2) is 13.4 Å². The Kier molecular flexibility index (Phi) is 4.77. The van der Waals surface area contributed by atoms with Crippen LogP contribution in [0.2, 0.25) is 0 Å². The Hall–Kier alpha value is -2.12. The van der Waals surface area contributed by atoms with E-state index in [2.05, 4.69) is 15.0 Å².